The third kappa shape index (κ3) is 3.64. The molecule has 27 heavy (non-hydrogen) atoms. The standard InChI is InChI=1S/C20H21N3O4/c1-14-5-2-3-6-15(14)12-26-16-9-22(10-16)18(24)11-23-19(25)13-27-17-7-4-8-21-20(17)23/h2-8,16H,9-13H2,1H3. The fraction of sp³-hybridized carbons (Fsp3) is 0.350. The Morgan fingerprint density at radius 2 is 2.07 bits per heavy atom. The largest absolute Gasteiger partial charge is 0.480 e. The summed E-state index contributed by atoms with van der Waals surface area (Å²) in [5.74, 6) is 0.544. The number of amides is 2. The van der Waals surface area contributed by atoms with Crippen molar-refractivity contribution >= 4 is 17.6 Å². The molecule has 3 heterocycles. The number of pyridine rings is 1. The normalized spacial score (nSPS) is 16.6. The Morgan fingerprint density at radius 3 is 2.89 bits per heavy atom. The minimum absolute atomic E-state index is 0.0272. The van der Waals surface area contributed by atoms with E-state index in [-0.39, 0.29) is 31.1 Å². The first-order valence-electron chi connectivity index (χ1n) is 8.94. The summed E-state index contributed by atoms with van der Waals surface area (Å²) in [4.78, 5) is 31.9. The monoisotopic (exact) mass is 367 g/mol. The van der Waals surface area contributed by atoms with Crippen molar-refractivity contribution < 1.29 is 19.1 Å². The van der Waals surface area contributed by atoms with Crippen molar-refractivity contribution in [2.75, 3.05) is 31.1 Å². The summed E-state index contributed by atoms with van der Waals surface area (Å²) in [7, 11) is 0. The Bertz CT molecular complexity index is 864. The van der Waals surface area contributed by atoms with Crippen LogP contribution in [-0.2, 0) is 20.9 Å². The number of likely N-dealkylation sites (tertiary alicyclic amines) is 1. The van der Waals surface area contributed by atoms with Gasteiger partial charge < -0.3 is 14.4 Å². The van der Waals surface area contributed by atoms with Crippen LogP contribution in [-0.4, -0.2) is 54.0 Å². The molecule has 4 rings (SSSR count). The summed E-state index contributed by atoms with van der Waals surface area (Å²) in [5, 5.41) is 0. The zero-order valence-corrected chi connectivity index (χ0v) is 15.1. The van der Waals surface area contributed by atoms with Gasteiger partial charge in [0.15, 0.2) is 18.2 Å². The van der Waals surface area contributed by atoms with Crippen LogP contribution in [0.5, 0.6) is 5.75 Å². The van der Waals surface area contributed by atoms with Gasteiger partial charge in [0, 0.05) is 19.3 Å². The molecule has 0 bridgehead atoms. The number of aromatic nitrogens is 1. The third-order valence-corrected chi connectivity index (χ3v) is 4.89. The van der Waals surface area contributed by atoms with E-state index >= 15 is 0 Å². The second-order valence-electron chi connectivity index (χ2n) is 6.75. The molecule has 0 unspecified atom stereocenters. The van der Waals surface area contributed by atoms with E-state index in [9.17, 15) is 9.59 Å². The van der Waals surface area contributed by atoms with Crippen molar-refractivity contribution in [2.45, 2.75) is 19.6 Å². The van der Waals surface area contributed by atoms with E-state index in [4.69, 9.17) is 9.47 Å². The first kappa shape index (κ1) is 17.5. The molecule has 1 fully saturated rings. The minimum Gasteiger partial charge on any atom is -0.480 e. The van der Waals surface area contributed by atoms with Gasteiger partial charge >= 0.3 is 0 Å². The van der Waals surface area contributed by atoms with E-state index in [2.05, 4.69) is 18.0 Å². The summed E-state index contributed by atoms with van der Waals surface area (Å²) < 4.78 is 11.2. The van der Waals surface area contributed by atoms with Gasteiger partial charge in [-0.1, -0.05) is 24.3 Å². The van der Waals surface area contributed by atoms with Crippen molar-refractivity contribution in [2.24, 2.45) is 0 Å². The van der Waals surface area contributed by atoms with Crippen LogP contribution in [0.2, 0.25) is 0 Å². The van der Waals surface area contributed by atoms with Crippen molar-refractivity contribution in [1.82, 2.24) is 9.88 Å². The topological polar surface area (TPSA) is 72.0 Å². The Kier molecular flexibility index (Phi) is 4.77. The lowest BCUT2D eigenvalue weighted by molar-refractivity contribution is -0.145. The van der Waals surface area contributed by atoms with Gasteiger partial charge in [0.25, 0.3) is 5.91 Å². The number of nitrogens with zero attached hydrogens (tertiary/aromatic N) is 3. The molecular formula is C20H21N3O4. The van der Waals surface area contributed by atoms with Gasteiger partial charge in [-0.25, -0.2) is 4.98 Å². The molecule has 0 aliphatic carbocycles. The fourth-order valence-electron chi connectivity index (χ4n) is 3.16. The van der Waals surface area contributed by atoms with Gasteiger partial charge in [0.1, 0.15) is 6.54 Å². The number of anilines is 1. The molecule has 7 heteroatoms. The van der Waals surface area contributed by atoms with Gasteiger partial charge in [-0.3, -0.25) is 14.5 Å². The second-order valence-corrected chi connectivity index (χ2v) is 6.75. The number of fused-ring (bicyclic) bond motifs is 1. The Morgan fingerprint density at radius 1 is 1.26 bits per heavy atom. The van der Waals surface area contributed by atoms with Gasteiger partial charge in [0.05, 0.1) is 12.7 Å². The van der Waals surface area contributed by atoms with E-state index in [1.165, 1.54) is 10.5 Å². The molecular weight excluding hydrogens is 346 g/mol. The molecule has 0 radical (unpaired) electrons. The Hall–Kier alpha value is -2.93. The van der Waals surface area contributed by atoms with Crippen LogP contribution < -0.4 is 9.64 Å². The maximum Gasteiger partial charge on any atom is 0.266 e. The molecule has 140 valence electrons. The number of carbonyl (C=O) groups excluding carboxylic acids is 2. The van der Waals surface area contributed by atoms with Crippen LogP contribution in [0.4, 0.5) is 5.82 Å². The van der Waals surface area contributed by atoms with Crippen molar-refractivity contribution in [1.29, 1.82) is 0 Å². The van der Waals surface area contributed by atoms with E-state index in [0.717, 1.165) is 5.56 Å². The highest BCUT2D eigenvalue weighted by Gasteiger charge is 2.35. The lowest BCUT2D eigenvalue weighted by atomic mass is 10.1. The van der Waals surface area contributed by atoms with Gasteiger partial charge in [0.2, 0.25) is 5.91 Å². The Balaban J connectivity index is 1.30. The molecule has 2 aliphatic heterocycles. The molecule has 1 saturated heterocycles. The smallest absolute Gasteiger partial charge is 0.266 e. The molecule has 2 aromatic rings. The highest BCUT2D eigenvalue weighted by Crippen LogP contribution is 2.29. The van der Waals surface area contributed by atoms with Crippen LogP contribution >= 0.6 is 0 Å². The first-order chi connectivity index (χ1) is 13.1. The van der Waals surface area contributed by atoms with E-state index < -0.39 is 0 Å². The first-order valence-corrected chi connectivity index (χ1v) is 8.94. The molecule has 0 saturated carbocycles. The molecule has 0 spiro atoms. The highest BCUT2D eigenvalue weighted by molar-refractivity contribution is 6.01. The van der Waals surface area contributed by atoms with Crippen LogP contribution in [0, 0.1) is 6.92 Å². The van der Waals surface area contributed by atoms with E-state index in [1.807, 2.05) is 18.2 Å². The quantitative estimate of drug-likeness (QED) is 0.802. The summed E-state index contributed by atoms with van der Waals surface area (Å²) in [6.45, 7) is 3.57. The number of hydrogen-bond donors (Lipinski definition) is 0. The molecule has 2 amide bonds. The average molecular weight is 367 g/mol. The van der Waals surface area contributed by atoms with Crippen molar-refractivity contribution in [3.8, 4) is 5.75 Å². The zero-order valence-electron chi connectivity index (χ0n) is 15.1. The van der Waals surface area contributed by atoms with Gasteiger partial charge in [-0.2, -0.15) is 0 Å². The molecule has 2 aliphatic rings. The van der Waals surface area contributed by atoms with Gasteiger partial charge in [-0.15, -0.1) is 0 Å². The lowest BCUT2D eigenvalue weighted by Gasteiger charge is -2.40. The minimum atomic E-state index is -0.262. The van der Waals surface area contributed by atoms with Gasteiger partial charge in [-0.05, 0) is 30.2 Å². The van der Waals surface area contributed by atoms with Crippen LogP contribution in [0.15, 0.2) is 42.6 Å². The number of ether oxygens (including phenoxy) is 2. The predicted octanol–water partition coefficient (Wildman–Crippen LogP) is 1.54. The zero-order chi connectivity index (χ0) is 18.8. The van der Waals surface area contributed by atoms with E-state index in [0.29, 0.717) is 31.3 Å². The van der Waals surface area contributed by atoms with Crippen LogP contribution in [0.3, 0.4) is 0 Å². The molecule has 1 aromatic heterocycles. The highest BCUT2D eigenvalue weighted by atomic mass is 16.5. The Labute approximate surface area is 157 Å². The lowest BCUT2D eigenvalue weighted by Crippen LogP contribution is -2.58. The number of aryl methyl sites for hydroxylation is 1. The molecule has 0 N–H and O–H groups in total. The second kappa shape index (κ2) is 7.36. The fourth-order valence-corrected chi connectivity index (χ4v) is 3.16. The SMILES string of the molecule is Cc1ccccc1COC1CN(C(=O)CN2C(=O)COc3cccnc32)C1. The average Bonchev–Trinajstić information content (AvgIpc) is 2.64. The molecule has 1 aromatic carbocycles. The molecule has 0 atom stereocenters. The van der Waals surface area contributed by atoms with Crippen molar-refractivity contribution in [3.05, 3.63) is 53.7 Å². The number of benzene rings is 1. The maximum absolute atomic E-state index is 12.5. The maximum atomic E-state index is 12.5. The summed E-state index contributed by atoms with van der Waals surface area (Å²) in [6.07, 6.45) is 1.61. The number of hydrogen-bond acceptors (Lipinski definition) is 5. The number of rotatable bonds is 5. The number of carbonyl (C=O) groups is 2. The van der Waals surface area contributed by atoms with Crippen LogP contribution in [0.1, 0.15) is 11.1 Å². The van der Waals surface area contributed by atoms with Crippen molar-refractivity contribution in [3.63, 3.8) is 0 Å². The van der Waals surface area contributed by atoms with Crippen LogP contribution in [0.25, 0.3) is 0 Å². The molecule has 7 nitrogen and oxygen atoms in total. The summed E-state index contributed by atoms with van der Waals surface area (Å²) >= 11 is 0. The van der Waals surface area contributed by atoms with E-state index in [1.54, 1.807) is 23.2 Å². The third-order valence-electron chi connectivity index (χ3n) is 4.89. The summed E-state index contributed by atoms with van der Waals surface area (Å²) in [5.41, 5.74) is 2.35. The summed E-state index contributed by atoms with van der Waals surface area (Å²) in [6, 6.07) is 11.6. The predicted molar refractivity (Wildman–Crippen MR) is 98.4 cm³/mol.